The predicted octanol–water partition coefficient (Wildman–Crippen LogP) is 3.19. The molecule has 3 aromatic rings. The van der Waals surface area contributed by atoms with Crippen LogP contribution >= 0.6 is 0 Å². The van der Waals surface area contributed by atoms with Crippen molar-refractivity contribution in [1.82, 2.24) is 20.0 Å². The van der Waals surface area contributed by atoms with Crippen LogP contribution in [-0.4, -0.2) is 39.0 Å². The van der Waals surface area contributed by atoms with Crippen LogP contribution in [0.25, 0.3) is 11.0 Å². The number of nitrogens with zero attached hydrogens (tertiary/aromatic N) is 3. The summed E-state index contributed by atoms with van der Waals surface area (Å²) in [5.41, 5.74) is 3.82. The molecule has 1 aromatic carbocycles. The van der Waals surface area contributed by atoms with E-state index in [0.717, 1.165) is 66.2 Å². The molecule has 1 fully saturated rings. The van der Waals surface area contributed by atoms with Crippen LogP contribution in [0.15, 0.2) is 28.8 Å². The highest BCUT2D eigenvalue weighted by Crippen LogP contribution is 2.23. The summed E-state index contributed by atoms with van der Waals surface area (Å²) in [5, 5.41) is 3.95. The number of para-hydroxylation sites is 2. The smallest absolute Gasteiger partial charge is 0.227 e. The van der Waals surface area contributed by atoms with Gasteiger partial charge in [0, 0.05) is 25.1 Å². The summed E-state index contributed by atoms with van der Waals surface area (Å²) < 4.78 is 5.18. The van der Waals surface area contributed by atoms with Crippen molar-refractivity contribution >= 4 is 16.9 Å². The van der Waals surface area contributed by atoms with Gasteiger partial charge in [-0.25, -0.2) is 4.98 Å². The maximum absolute atomic E-state index is 12.7. The average molecular weight is 352 g/mol. The van der Waals surface area contributed by atoms with Gasteiger partial charge >= 0.3 is 0 Å². The van der Waals surface area contributed by atoms with Crippen molar-refractivity contribution in [2.24, 2.45) is 5.92 Å². The molecule has 6 heteroatoms. The zero-order valence-electron chi connectivity index (χ0n) is 15.3. The number of piperidine rings is 1. The third-order valence-electron chi connectivity index (χ3n) is 5.30. The average Bonchev–Trinajstić information content (AvgIpc) is 3.19. The normalized spacial score (nSPS) is 17.8. The van der Waals surface area contributed by atoms with Crippen LogP contribution in [0.5, 0.6) is 0 Å². The number of amides is 1. The maximum Gasteiger partial charge on any atom is 0.227 e. The minimum atomic E-state index is 0.161. The summed E-state index contributed by atoms with van der Waals surface area (Å²) in [6, 6.07) is 8.09. The lowest BCUT2D eigenvalue weighted by Crippen LogP contribution is -2.41. The lowest BCUT2D eigenvalue weighted by atomic mass is 9.94. The fourth-order valence-electron chi connectivity index (χ4n) is 3.85. The zero-order chi connectivity index (χ0) is 18.1. The first-order valence-electron chi connectivity index (χ1n) is 9.23. The van der Waals surface area contributed by atoms with Crippen LogP contribution in [0, 0.1) is 19.8 Å². The molecular formula is C20H24N4O2. The molecule has 0 radical (unpaired) electrons. The number of carbonyl (C=O) groups excluding carboxylic acids is 1. The fourth-order valence-corrected chi connectivity index (χ4v) is 3.85. The predicted molar refractivity (Wildman–Crippen MR) is 98.8 cm³/mol. The number of carbonyl (C=O) groups is 1. The number of H-pyrrole nitrogens is 1. The molecule has 26 heavy (non-hydrogen) atoms. The van der Waals surface area contributed by atoms with Gasteiger partial charge in [0.2, 0.25) is 5.91 Å². The summed E-state index contributed by atoms with van der Waals surface area (Å²) >= 11 is 0. The highest BCUT2D eigenvalue weighted by molar-refractivity contribution is 5.79. The molecule has 0 aliphatic carbocycles. The number of fused-ring (bicyclic) bond motifs is 1. The summed E-state index contributed by atoms with van der Waals surface area (Å²) in [4.78, 5) is 22.8. The number of nitrogens with one attached hydrogen (secondary N) is 1. The molecule has 1 aliphatic rings. The lowest BCUT2D eigenvalue weighted by molar-refractivity contribution is -0.132. The molecule has 1 amide bonds. The monoisotopic (exact) mass is 352 g/mol. The number of aromatic amines is 1. The third-order valence-corrected chi connectivity index (χ3v) is 5.30. The van der Waals surface area contributed by atoms with Crippen LogP contribution in [0.1, 0.15) is 35.7 Å². The molecule has 4 rings (SSSR count). The first kappa shape index (κ1) is 16.8. The Kier molecular flexibility index (Phi) is 4.49. The second kappa shape index (κ2) is 6.94. The number of rotatable bonds is 4. The van der Waals surface area contributed by atoms with E-state index in [1.54, 1.807) is 0 Å². The Hall–Kier alpha value is -2.63. The largest absolute Gasteiger partial charge is 0.361 e. The van der Waals surface area contributed by atoms with E-state index in [4.69, 9.17) is 4.52 Å². The first-order valence-corrected chi connectivity index (χ1v) is 9.23. The summed E-state index contributed by atoms with van der Waals surface area (Å²) in [6.07, 6.45) is 3.42. The van der Waals surface area contributed by atoms with Gasteiger partial charge in [-0.3, -0.25) is 4.79 Å². The van der Waals surface area contributed by atoms with E-state index < -0.39 is 0 Å². The minimum absolute atomic E-state index is 0.161. The van der Waals surface area contributed by atoms with Crippen molar-refractivity contribution in [2.75, 3.05) is 13.1 Å². The van der Waals surface area contributed by atoms with Gasteiger partial charge in [0.25, 0.3) is 0 Å². The highest BCUT2D eigenvalue weighted by atomic mass is 16.5. The Bertz CT molecular complexity index is 874. The first-order chi connectivity index (χ1) is 12.6. The summed E-state index contributed by atoms with van der Waals surface area (Å²) in [7, 11) is 0. The molecule has 2 aromatic heterocycles. The zero-order valence-corrected chi connectivity index (χ0v) is 15.3. The van der Waals surface area contributed by atoms with Crippen LogP contribution < -0.4 is 0 Å². The van der Waals surface area contributed by atoms with Gasteiger partial charge < -0.3 is 14.4 Å². The summed E-state index contributed by atoms with van der Waals surface area (Å²) in [6.45, 7) is 5.38. The Morgan fingerprint density at radius 3 is 2.96 bits per heavy atom. The third kappa shape index (κ3) is 3.36. The molecular weight excluding hydrogens is 328 g/mol. The molecule has 1 saturated heterocycles. The van der Waals surface area contributed by atoms with E-state index >= 15 is 0 Å². The second-order valence-corrected chi connectivity index (χ2v) is 7.23. The van der Waals surface area contributed by atoms with Gasteiger partial charge in [0.05, 0.1) is 23.1 Å². The second-order valence-electron chi connectivity index (χ2n) is 7.23. The van der Waals surface area contributed by atoms with E-state index in [0.29, 0.717) is 12.3 Å². The number of aromatic nitrogens is 3. The van der Waals surface area contributed by atoms with E-state index in [1.807, 2.05) is 43.0 Å². The number of hydrogen-bond donors (Lipinski definition) is 1. The van der Waals surface area contributed by atoms with E-state index in [9.17, 15) is 4.79 Å². The Balaban J connectivity index is 1.41. The number of likely N-dealkylation sites (tertiary alicyclic amines) is 1. The molecule has 136 valence electrons. The maximum atomic E-state index is 12.7. The molecule has 1 aliphatic heterocycles. The van der Waals surface area contributed by atoms with E-state index in [2.05, 4.69) is 15.1 Å². The van der Waals surface area contributed by atoms with Gasteiger partial charge in [-0.05, 0) is 44.7 Å². The van der Waals surface area contributed by atoms with E-state index in [1.165, 1.54) is 0 Å². The van der Waals surface area contributed by atoms with Crippen LogP contribution in [0.4, 0.5) is 0 Å². The minimum Gasteiger partial charge on any atom is -0.361 e. The van der Waals surface area contributed by atoms with Crippen LogP contribution in [0.2, 0.25) is 0 Å². The van der Waals surface area contributed by atoms with Crippen molar-refractivity contribution in [3.05, 3.63) is 47.1 Å². The number of benzene rings is 1. The number of imidazole rings is 1. The molecule has 3 heterocycles. The lowest BCUT2D eigenvalue weighted by Gasteiger charge is -2.32. The molecule has 0 spiro atoms. The van der Waals surface area contributed by atoms with Gasteiger partial charge in [0.15, 0.2) is 0 Å². The topological polar surface area (TPSA) is 75.0 Å². The van der Waals surface area contributed by atoms with Crippen molar-refractivity contribution in [2.45, 2.75) is 39.5 Å². The van der Waals surface area contributed by atoms with Crippen molar-refractivity contribution in [3.8, 4) is 0 Å². The summed E-state index contributed by atoms with van der Waals surface area (Å²) in [5.74, 6) is 2.36. The highest BCUT2D eigenvalue weighted by Gasteiger charge is 2.26. The van der Waals surface area contributed by atoms with Gasteiger partial charge in [-0.15, -0.1) is 0 Å². The van der Waals surface area contributed by atoms with E-state index in [-0.39, 0.29) is 5.91 Å². The fraction of sp³-hybridized carbons (Fsp3) is 0.450. The van der Waals surface area contributed by atoms with Gasteiger partial charge in [0.1, 0.15) is 11.6 Å². The number of aryl methyl sites for hydroxylation is 2. The number of hydrogen-bond acceptors (Lipinski definition) is 4. The van der Waals surface area contributed by atoms with Gasteiger partial charge in [-0.2, -0.15) is 0 Å². The molecule has 0 unspecified atom stereocenters. The van der Waals surface area contributed by atoms with Crippen LogP contribution in [0.3, 0.4) is 0 Å². The standard InChI is InChI=1S/C20H24N4O2/c1-13-16(14(2)26-23-13)11-20(25)24-9-5-6-15(12-24)10-19-21-17-7-3-4-8-18(17)22-19/h3-4,7-8,15H,5-6,9-12H2,1-2H3,(H,21,22)/t15-/m0/s1. The molecule has 0 saturated carbocycles. The van der Waals surface area contributed by atoms with Gasteiger partial charge in [-0.1, -0.05) is 17.3 Å². The SMILES string of the molecule is Cc1noc(C)c1CC(=O)N1CCC[C@@H](Cc2nc3ccccc3[nH]2)C1. The Morgan fingerprint density at radius 2 is 2.19 bits per heavy atom. The van der Waals surface area contributed by atoms with Crippen molar-refractivity contribution in [1.29, 1.82) is 0 Å². The van der Waals surface area contributed by atoms with Crippen molar-refractivity contribution in [3.63, 3.8) is 0 Å². The van der Waals surface area contributed by atoms with Crippen molar-refractivity contribution < 1.29 is 9.32 Å². The molecule has 0 bridgehead atoms. The Labute approximate surface area is 152 Å². The Morgan fingerprint density at radius 1 is 1.35 bits per heavy atom. The molecule has 6 nitrogen and oxygen atoms in total. The van der Waals surface area contributed by atoms with Crippen LogP contribution in [-0.2, 0) is 17.6 Å². The molecule has 1 atom stereocenters. The molecule has 1 N–H and O–H groups in total. The quantitative estimate of drug-likeness (QED) is 0.782.